The van der Waals surface area contributed by atoms with Crippen LogP contribution in [0.25, 0.3) is 0 Å². The standard InChI is InChI=1S/C12H18N2O2.C2H6/c1-14-6-2-4-10(9-14)12(15)13-8-11-5-3-7-16-11;1-2/h3,5,7,10H,2,4,6,8-9H2,1H3,(H,13,15);1-2H3. The van der Waals surface area contributed by atoms with Gasteiger partial charge in [-0.05, 0) is 38.6 Å². The van der Waals surface area contributed by atoms with Crippen LogP contribution in [0.2, 0.25) is 0 Å². The summed E-state index contributed by atoms with van der Waals surface area (Å²) >= 11 is 0. The Labute approximate surface area is 109 Å². The molecule has 4 heteroatoms. The van der Waals surface area contributed by atoms with Crippen molar-refractivity contribution in [1.29, 1.82) is 0 Å². The zero-order valence-corrected chi connectivity index (χ0v) is 11.6. The highest BCUT2D eigenvalue weighted by Gasteiger charge is 2.23. The fourth-order valence-electron chi connectivity index (χ4n) is 2.11. The first-order chi connectivity index (χ1) is 8.75. The van der Waals surface area contributed by atoms with Gasteiger partial charge < -0.3 is 14.6 Å². The number of carbonyl (C=O) groups excluding carboxylic acids is 1. The number of amides is 1. The Kier molecular flexibility index (Phi) is 6.50. The van der Waals surface area contributed by atoms with E-state index >= 15 is 0 Å². The number of rotatable bonds is 3. The zero-order valence-electron chi connectivity index (χ0n) is 11.6. The van der Waals surface area contributed by atoms with Crippen molar-refractivity contribution in [1.82, 2.24) is 10.2 Å². The number of hydrogen-bond donors (Lipinski definition) is 1. The summed E-state index contributed by atoms with van der Waals surface area (Å²) in [5.41, 5.74) is 0. The van der Waals surface area contributed by atoms with Crippen LogP contribution in [0.1, 0.15) is 32.4 Å². The molecule has 1 aromatic rings. The maximum Gasteiger partial charge on any atom is 0.224 e. The van der Waals surface area contributed by atoms with Crippen LogP contribution in [-0.4, -0.2) is 30.9 Å². The highest BCUT2D eigenvalue weighted by molar-refractivity contribution is 5.78. The van der Waals surface area contributed by atoms with Crippen molar-refractivity contribution in [2.24, 2.45) is 5.92 Å². The molecule has 102 valence electrons. The van der Waals surface area contributed by atoms with Gasteiger partial charge in [-0.25, -0.2) is 0 Å². The Morgan fingerprint density at radius 1 is 1.56 bits per heavy atom. The molecule has 0 aliphatic carbocycles. The van der Waals surface area contributed by atoms with E-state index in [0.717, 1.165) is 31.7 Å². The molecule has 1 amide bonds. The second-order valence-electron chi connectivity index (χ2n) is 4.40. The molecule has 1 saturated heterocycles. The number of nitrogens with one attached hydrogen (secondary N) is 1. The van der Waals surface area contributed by atoms with Crippen molar-refractivity contribution in [3.8, 4) is 0 Å². The van der Waals surface area contributed by atoms with Gasteiger partial charge in [0.05, 0.1) is 18.7 Å². The van der Waals surface area contributed by atoms with E-state index < -0.39 is 0 Å². The van der Waals surface area contributed by atoms with E-state index in [1.807, 2.05) is 26.0 Å². The van der Waals surface area contributed by atoms with Crippen molar-refractivity contribution < 1.29 is 9.21 Å². The SMILES string of the molecule is CC.CN1CCCC(C(=O)NCc2ccco2)C1. The second kappa shape index (κ2) is 7.93. The van der Waals surface area contributed by atoms with Crippen LogP contribution in [-0.2, 0) is 11.3 Å². The van der Waals surface area contributed by atoms with Gasteiger partial charge in [-0.2, -0.15) is 0 Å². The molecule has 1 aliphatic heterocycles. The molecule has 0 spiro atoms. The van der Waals surface area contributed by atoms with Crippen molar-refractivity contribution in [3.05, 3.63) is 24.2 Å². The predicted octanol–water partition coefficient (Wildman–Crippen LogP) is 2.26. The van der Waals surface area contributed by atoms with Crippen LogP contribution in [0.3, 0.4) is 0 Å². The molecule has 2 heterocycles. The summed E-state index contributed by atoms with van der Waals surface area (Å²) in [6.07, 6.45) is 3.72. The van der Waals surface area contributed by atoms with Gasteiger partial charge in [0, 0.05) is 6.54 Å². The highest BCUT2D eigenvalue weighted by atomic mass is 16.3. The van der Waals surface area contributed by atoms with Crippen molar-refractivity contribution in [2.45, 2.75) is 33.2 Å². The van der Waals surface area contributed by atoms with Crippen LogP contribution in [0.15, 0.2) is 22.8 Å². The molecule has 0 saturated carbocycles. The number of hydrogen-bond acceptors (Lipinski definition) is 3. The molecule has 1 atom stereocenters. The third-order valence-electron chi connectivity index (χ3n) is 3.01. The molecular formula is C14H24N2O2. The Morgan fingerprint density at radius 3 is 2.94 bits per heavy atom. The van der Waals surface area contributed by atoms with Crippen molar-refractivity contribution >= 4 is 5.91 Å². The minimum absolute atomic E-state index is 0.133. The molecular weight excluding hydrogens is 228 g/mol. The van der Waals surface area contributed by atoms with Crippen molar-refractivity contribution in [2.75, 3.05) is 20.1 Å². The lowest BCUT2D eigenvalue weighted by Gasteiger charge is -2.28. The molecule has 1 aliphatic rings. The van der Waals surface area contributed by atoms with Gasteiger partial charge in [0.2, 0.25) is 5.91 Å². The lowest BCUT2D eigenvalue weighted by molar-refractivity contribution is -0.126. The van der Waals surface area contributed by atoms with Crippen LogP contribution >= 0.6 is 0 Å². The molecule has 0 aromatic carbocycles. The average molecular weight is 252 g/mol. The van der Waals surface area contributed by atoms with Gasteiger partial charge in [-0.3, -0.25) is 4.79 Å². The van der Waals surface area contributed by atoms with Crippen molar-refractivity contribution in [3.63, 3.8) is 0 Å². The average Bonchev–Trinajstić information content (AvgIpc) is 2.91. The summed E-state index contributed by atoms with van der Waals surface area (Å²) in [7, 11) is 2.06. The number of piperidine rings is 1. The lowest BCUT2D eigenvalue weighted by atomic mass is 9.98. The van der Waals surface area contributed by atoms with Gasteiger partial charge in [0.1, 0.15) is 5.76 Å². The van der Waals surface area contributed by atoms with Crippen LogP contribution in [0, 0.1) is 5.92 Å². The van der Waals surface area contributed by atoms with Crippen LogP contribution in [0.5, 0.6) is 0 Å². The molecule has 0 bridgehead atoms. The molecule has 1 N–H and O–H groups in total. The number of likely N-dealkylation sites (tertiary alicyclic amines) is 1. The molecule has 1 unspecified atom stereocenters. The Bertz CT molecular complexity index is 336. The quantitative estimate of drug-likeness (QED) is 0.897. The first-order valence-corrected chi connectivity index (χ1v) is 6.74. The van der Waals surface area contributed by atoms with E-state index in [4.69, 9.17) is 4.42 Å². The van der Waals surface area contributed by atoms with Crippen LogP contribution < -0.4 is 5.32 Å². The van der Waals surface area contributed by atoms with E-state index in [0.29, 0.717) is 6.54 Å². The topological polar surface area (TPSA) is 45.5 Å². The minimum atomic E-state index is 0.133. The molecule has 0 radical (unpaired) electrons. The Morgan fingerprint density at radius 2 is 2.33 bits per heavy atom. The normalized spacial score (nSPS) is 19.8. The molecule has 2 rings (SSSR count). The van der Waals surface area contributed by atoms with Gasteiger partial charge >= 0.3 is 0 Å². The van der Waals surface area contributed by atoms with Gasteiger partial charge in [-0.1, -0.05) is 13.8 Å². The molecule has 1 fully saturated rings. The maximum absolute atomic E-state index is 11.9. The molecule has 18 heavy (non-hydrogen) atoms. The third kappa shape index (κ3) is 4.53. The first-order valence-electron chi connectivity index (χ1n) is 6.74. The summed E-state index contributed by atoms with van der Waals surface area (Å²) in [5.74, 6) is 1.08. The third-order valence-corrected chi connectivity index (χ3v) is 3.01. The van der Waals surface area contributed by atoms with Crippen LogP contribution in [0.4, 0.5) is 0 Å². The summed E-state index contributed by atoms with van der Waals surface area (Å²) in [6.45, 7) is 6.46. The van der Waals surface area contributed by atoms with E-state index in [9.17, 15) is 4.79 Å². The highest BCUT2D eigenvalue weighted by Crippen LogP contribution is 2.15. The van der Waals surface area contributed by atoms with E-state index in [1.54, 1.807) is 6.26 Å². The monoisotopic (exact) mass is 252 g/mol. The predicted molar refractivity (Wildman–Crippen MR) is 72.1 cm³/mol. The summed E-state index contributed by atoms with van der Waals surface area (Å²) in [5, 5.41) is 2.92. The van der Waals surface area contributed by atoms with Gasteiger partial charge in [0.15, 0.2) is 0 Å². The minimum Gasteiger partial charge on any atom is -0.467 e. The largest absolute Gasteiger partial charge is 0.467 e. The van der Waals surface area contributed by atoms with Gasteiger partial charge in [-0.15, -0.1) is 0 Å². The maximum atomic E-state index is 11.9. The van der Waals surface area contributed by atoms with E-state index in [-0.39, 0.29) is 11.8 Å². The molecule has 4 nitrogen and oxygen atoms in total. The first kappa shape index (κ1) is 14.8. The summed E-state index contributed by atoms with van der Waals surface area (Å²) in [6, 6.07) is 3.70. The fraction of sp³-hybridized carbons (Fsp3) is 0.643. The molecule has 1 aromatic heterocycles. The Hall–Kier alpha value is -1.29. The number of furan rings is 1. The summed E-state index contributed by atoms with van der Waals surface area (Å²) < 4.78 is 5.17. The lowest BCUT2D eigenvalue weighted by Crippen LogP contribution is -2.41. The Balaban J connectivity index is 0.000000771. The van der Waals surface area contributed by atoms with E-state index in [2.05, 4.69) is 17.3 Å². The fourth-order valence-corrected chi connectivity index (χ4v) is 2.11. The van der Waals surface area contributed by atoms with Gasteiger partial charge in [0.25, 0.3) is 0 Å². The van der Waals surface area contributed by atoms with E-state index in [1.165, 1.54) is 0 Å². The number of carbonyl (C=O) groups is 1. The smallest absolute Gasteiger partial charge is 0.224 e. The number of nitrogens with zero attached hydrogens (tertiary/aromatic N) is 1. The summed E-state index contributed by atoms with van der Waals surface area (Å²) in [4.78, 5) is 14.1. The second-order valence-corrected chi connectivity index (χ2v) is 4.40. The zero-order chi connectivity index (χ0) is 13.4.